The van der Waals surface area contributed by atoms with Crippen LogP contribution in [0.1, 0.15) is 0 Å². The Kier molecular flexibility index (Phi) is 2.89. The predicted octanol–water partition coefficient (Wildman–Crippen LogP) is -0.544. The molecule has 4 N–H and O–H groups in total. The molecule has 0 saturated heterocycles. The van der Waals surface area contributed by atoms with E-state index in [9.17, 15) is 4.79 Å². The Bertz CT molecular complexity index is 315. The molecule has 0 heterocycles. The highest BCUT2D eigenvalue weighted by Crippen LogP contribution is 2.03. The molecular formula is C7H8BNO4. The first-order chi connectivity index (χ1) is 6.09. The molecule has 0 aromatic heterocycles. The second-order valence-corrected chi connectivity index (χ2v) is 2.43. The van der Waals surface area contributed by atoms with Gasteiger partial charge in [0.15, 0.2) is 0 Å². The van der Waals surface area contributed by atoms with Gasteiger partial charge >= 0.3 is 13.2 Å². The molecule has 1 rings (SSSR count). The number of anilines is 1. The number of hydrogen-bond acceptors (Lipinski definition) is 3. The van der Waals surface area contributed by atoms with E-state index in [1.165, 1.54) is 24.3 Å². The fourth-order valence-corrected chi connectivity index (χ4v) is 0.901. The molecule has 1 aromatic carbocycles. The third-order valence-electron chi connectivity index (χ3n) is 1.44. The van der Waals surface area contributed by atoms with Gasteiger partial charge in [-0.15, -0.1) is 0 Å². The number of benzene rings is 1. The molecule has 13 heavy (non-hydrogen) atoms. The molecule has 0 atom stereocenters. The number of amides is 1. The summed E-state index contributed by atoms with van der Waals surface area (Å²) >= 11 is 0. The minimum Gasteiger partial charge on any atom is -0.465 e. The molecule has 6 heteroatoms. The van der Waals surface area contributed by atoms with E-state index in [4.69, 9.17) is 15.2 Å². The Morgan fingerprint density at radius 2 is 2.08 bits per heavy atom. The lowest BCUT2D eigenvalue weighted by Crippen LogP contribution is -2.29. The van der Waals surface area contributed by atoms with Gasteiger partial charge in [-0.05, 0) is 17.6 Å². The Balaban J connectivity index is 2.85. The van der Waals surface area contributed by atoms with Crippen molar-refractivity contribution in [1.29, 1.82) is 0 Å². The van der Waals surface area contributed by atoms with E-state index in [1.807, 2.05) is 0 Å². The molecule has 0 aliphatic rings. The van der Waals surface area contributed by atoms with Crippen LogP contribution in [0, 0.1) is 0 Å². The van der Waals surface area contributed by atoms with Crippen molar-refractivity contribution in [3.8, 4) is 0 Å². The second-order valence-electron chi connectivity index (χ2n) is 2.43. The molecule has 1 amide bonds. The Hall–Kier alpha value is -1.53. The summed E-state index contributed by atoms with van der Waals surface area (Å²) in [5, 5.41) is 28.0. The van der Waals surface area contributed by atoms with Gasteiger partial charge in [0.1, 0.15) is 0 Å². The summed E-state index contributed by atoms with van der Waals surface area (Å²) in [7, 11) is -1.59. The van der Waals surface area contributed by atoms with Crippen LogP contribution in [0.5, 0.6) is 0 Å². The van der Waals surface area contributed by atoms with Crippen LogP contribution in [0.3, 0.4) is 0 Å². The third kappa shape index (κ3) is 2.77. The smallest absolute Gasteiger partial charge is 0.465 e. The monoisotopic (exact) mass is 181 g/mol. The van der Waals surface area contributed by atoms with Gasteiger partial charge in [0, 0.05) is 5.69 Å². The molecule has 0 unspecified atom stereocenters. The van der Waals surface area contributed by atoms with Crippen molar-refractivity contribution in [3.63, 3.8) is 0 Å². The fourth-order valence-electron chi connectivity index (χ4n) is 0.901. The lowest BCUT2D eigenvalue weighted by molar-refractivity contribution is 0.209. The summed E-state index contributed by atoms with van der Waals surface area (Å²) in [6.45, 7) is 0. The average molecular weight is 181 g/mol. The lowest BCUT2D eigenvalue weighted by Gasteiger charge is -2.03. The van der Waals surface area contributed by atoms with Crippen molar-refractivity contribution in [2.24, 2.45) is 0 Å². The molecule has 5 nitrogen and oxygen atoms in total. The van der Waals surface area contributed by atoms with E-state index < -0.39 is 13.2 Å². The highest BCUT2D eigenvalue weighted by Gasteiger charge is 2.10. The van der Waals surface area contributed by atoms with Crippen LogP contribution < -0.4 is 10.8 Å². The second kappa shape index (κ2) is 3.93. The zero-order valence-corrected chi connectivity index (χ0v) is 6.64. The van der Waals surface area contributed by atoms with E-state index in [2.05, 4.69) is 5.32 Å². The molecule has 1 aromatic rings. The Morgan fingerprint density at radius 3 is 2.62 bits per heavy atom. The molecule has 0 bridgehead atoms. The van der Waals surface area contributed by atoms with Crippen LogP contribution in [-0.2, 0) is 0 Å². The van der Waals surface area contributed by atoms with Crippen molar-refractivity contribution in [2.45, 2.75) is 0 Å². The van der Waals surface area contributed by atoms with Crippen molar-refractivity contribution >= 4 is 24.4 Å². The van der Waals surface area contributed by atoms with Gasteiger partial charge in [0.2, 0.25) is 0 Å². The van der Waals surface area contributed by atoms with Crippen molar-refractivity contribution < 1.29 is 19.9 Å². The molecule has 0 saturated carbocycles. The van der Waals surface area contributed by atoms with Gasteiger partial charge in [0.05, 0.1) is 0 Å². The van der Waals surface area contributed by atoms with Gasteiger partial charge in [-0.1, -0.05) is 12.1 Å². The summed E-state index contributed by atoms with van der Waals surface area (Å²) in [6.07, 6.45) is -1.19. The van der Waals surface area contributed by atoms with Gasteiger partial charge in [-0.25, -0.2) is 4.79 Å². The van der Waals surface area contributed by atoms with Gasteiger partial charge in [-0.2, -0.15) is 0 Å². The average Bonchev–Trinajstić information content (AvgIpc) is 2.03. The van der Waals surface area contributed by atoms with Gasteiger partial charge < -0.3 is 15.2 Å². The SMILES string of the molecule is O=C(O)Nc1cccc(B(O)O)c1. The minimum atomic E-state index is -1.59. The standard InChI is InChI=1S/C7H8BNO4/c10-7(11)9-6-3-1-2-5(4-6)8(12)13/h1-4,9,12-13H,(H,10,11). The van der Waals surface area contributed by atoms with Crippen LogP contribution >= 0.6 is 0 Å². The van der Waals surface area contributed by atoms with Crippen LogP contribution in [0.15, 0.2) is 24.3 Å². The van der Waals surface area contributed by atoms with Crippen molar-refractivity contribution in [1.82, 2.24) is 0 Å². The van der Waals surface area contributed by atoms with E-state index >= 15 is 0 Å². The third-order valence-corrected chi connectivity index (χ3v) is 1.44. The van der Waals surface area contributed by atoms with E-state index in [0.717, 1.165) is 0 Å². The summed E-state index contributed by atoms with van der Waals surface area (Å²) in [5.74, 6) is 0. The largest absolute Gasteiger partial charge is 0.488 e. The highest BCUT2D eigenvalue weighted by atomic mass is 16.4. The van der Waals surface area contributed by atoms with Crippen LogP contribution in [-0.4, -0.2) is 28.4 Å². The first-order valence-corrected chi connectivity index (χ1v) is 3.55. The topological polar surface area (TPSA) is 89.8 Å². The number of carbonyl (C=O) groups is 1. The maximum Gasteiger partial charge on any atom is 0.488 e. The van der Waals surface area contributed by atoms with Gasteiger partial charge in [-0.3, -0.25) is 5.32 Å². The zero-order valence-electron chi connectivity index (χ0n) is 6.64. The first-order valence-electron chi connectivity index (χ1n) is 3.55. The molecule has 0 fully saturated rings. The summed E-state index contributed by atoms with van der Waals surface area (Å²) in [4.78, 5) is 10.2. The van der Waals surface area contributed by atoms with E-state index in [1.54, 1.807) is 0 Å². The number of nitrogens with one attached hydrogen (secondary N) is 1. The molecule has 68 valence electrons. The van der Waals surface area contributed by atoms with Crippen molar-refractivity contribution in [3.05, 3.63) is 24.3 Å². The van der Waals surface area contributed by atoms with E-state index in [-0.39, 0.29) is 5.46 Å². The van der Waals surface area contributed by atoms with Crippen LogP contribution in [0.25, 0.3) is 0 Å². The summed E-state index contributed by atoms with van der Waals surface area (Å²) in [5.41, 5.74) is 0.546. The van der Waals surface area contributed by atoms with E-state index in [0.29, 0.717) is 5.69 Å². The molecule has 0 spiro atoms. The first kappa shape index (κ1) is 9.56. The number of rotatable bonds is 2. The Labute approximate surface area is 74.8 Å². The maximum atomic E-state index is 10.2. The summed E-state index contributed by atoms with van der Waals surface area (Å²) in [6, 6.07) is 5.87. The highest BCUT2D eigenvalue weighted by molar-refractivity contribution is 6.58. The molecule has 0 aliphatic heterocycles. The molecular weight excluding hydrogens is 173 g/mol. The maximum absolute atomic E-state index is 10.2. The minimum absolute atomic E-state index is 0.242. The molecule has 0 radical (unpaired) electrons. The van der Waals surface area contributed by atoms with Crippen LogP contribution in [0.4, 0.5) is 10.5 Å². The zero-order chi connectivity index (χ0) is 9.84. The Morgan fingerprint density at radius 1 is 1.38 bits per heavy atom. The van der Waals surface area contributed by atoms with Crippen LogP contribution in [0.2, 0.25) is 0 Å². The van der Waals surface area contributed by atoms with Crippen molar-refractivity contribution in [2.75, 3.05) is 5.32 Å². The lowest BCUT2D eigenvalue weighted by atomic mass is 9.80. The molecule has 0 aliphatic carbocycles. The predicted molar refractivity (Wildman–Crippen MR) is 47.9 cm³/mol. The number of hydrogen-bond donors (Lipinski definition) is 4. The van der Waals surface area contributed by atoms with Gasteiger partial charge in [0.25, 0.3) is 0 Å². The normalized spacial score (nSPS) is 9.38. The number of carboxylic acid groups (broad SMARTS) is 1. The quantitative estimate of drug-likeness (QED) is 0.461. The summed E-state index contributed by atoms with van der Waals surface area (Å²) < 4.78 is 0. The fraction of sp³-hybridized carbons (Fsp3) is 0.